The van der Waals surface area contributed by atoms with Gasteiger partial charge in [0, 0.05) is 13.3 Å². The first-order chi connectivity index (χ1) is 11.7. The molecular weight excluding hydrogens is 296 g/mol. The third-order valence-electron chi connectivity index (χ3n) is 4.50. The molecule has 0 aromatic heterocycles. The fourth-order valence-corrected chi connectivity index (χ4v) is 3.28. The number of rotatable bonds is 2. The third-order valence-corrected chi connectivity index (χ3v) is 4.50. The number of carbonyl (C=O) groups is 1. The van der Waals surface area contributed by atoms with E-state index in [-0.39, 0.29) is 11.9 Å². The molecule has 0 N–H and O–H groups in total. The van der Waals surface area contributed by atoms with E-state index in [0.717, 1.165) is 23.3 Å². The van der Waals surface area contributed by atoms with Crippen LogP contribution in [0.25, 0.3) is 10.8 Å². The van der Waals surface area contributed by atoms with E-state index < -0.39 is 0 Å². The fraction of sp³-hybridized carbons (Fsp3) is 0.143. The van der Waals surface area contributed by atoms with Crippen LogP contribution in [0.1, 0.15) is 30.5 Å². The van der Waals surface area contributed by atoms with Gasteiger partial charge in [-0.15, -0.1) is 0 Å². The number of carbonyl (C=O) groups excluding carboxylic acids is 1. The van der Waals surface area contributed by atoms with Gasteiger partial charge in [0.1, 0.15) is 0 Å². The molecule has 1 unspecified atom stereocenters. The predicted molar refractivity (Wildman–Crippen MR) is 96.8 cm³/mol. The molecule has 0 saturated carbocycles. The Hall–Kier alpha value is -2.94. The molecule has 0 spiro atoms. The summed E-state index contributed by atoms with van der Waals surface area (Å²) in [7, 11) is 0. The number of nitrogens with zero attached hydrogens (tertiary/aromatic N) is 2. The van der Waals surface area contributed by atoms with Crippen LogP contribution in [0.15, 0.2) is 77.9 Å². The van der Waals surface area contributed by atoms with Gasteiger partial charge in [0.25, 0.3) is 0 Å². The van der Waals surface area contributed by atoms with Gasteiger partial charge in [0.15, 0.2) is 0 Å². The summed E-state index contributed by atoms with van der Waals surface area (Å²) >= 11 is 0. The number of hydrogen-bond donors (Lipinski definition) is 0. The number of benzene rings is 3. The molecule has 118 valence electrons. The molecule has 0 radical (unpaired) electrons. The predicted octanol–water partition coefficient (Wildman–Crippen LogP) is 4.54. The van der Waals surface area contributed by atoms with Crippen LogP contribution in [0.4, 0.5) is 0 Å². The molecule has 1 aliphatic rings. The van der Waals surface area contributed by atoms with Gasteiger partial charge in [-0.3, -0.25) is 4.79 Å². The van der Waals surface area contributed by atoms with Crippen molar-refractivity contribution in [1.82, 2.24) is 5.01 Å². The Balaban J connectivity index is 1.72. The molecule has 3 nitrogen and oxygen atoms in total. The highest BCUT2D eigenvalue weighted by Crippen LogP contribution is 2.34. The molecule has 3 heteroatoms. The Morgan fingerprint density at radius 3 is 2.42 bits per heavy atom. The summed E-state index contributed by atoms with van der Waals surface area (Å²) in [6.07, 6.45) is 0.738. The molecule has 4 rings (SSSR count). The van der Waals surface area contributed by atoms with Crippen molar-refractivity contribution in [3.63, 3.8) is 0 Å². The van der Waals surface area contributed by atoms with Crippen molar-refractivity contribution in [1.29, 1.82) is 0 Å². The minimum absolute atomic E-state index is 0.0286. The van der Waals surface area contributed by atoms with Gasteiger partial charge in [0.05, 0.1) is 11.8 Å². The zero-order valence-corrected chi connectivity index (χ0v) is 13.5. The molecular formula is C21H18N2O. The summed E-state index contributed by atoms with van der Waals surface area (Å²) in [6, 6.07) is 24.7. The summed E-state index contributed by atoms with van der Waals surface area (Å²) in [6.45, 7) is 1.57. The maximum atomic E-state index is 12.1. The summed E-state index contributed by atoms with van der Waals surface area (Å²) in [4.78, 5) is 12.1. The van der Waals surface area contributed by atoms with Gasteiger partial charge in [0.2, 0.25) is 5.91 Å². The first kappa shape index (κ1) is 14.6. The quantitative estimate of drug-likeness (QED) is 0.683. The van der Waals surface area contributed by atoms with Gasteiger partial charge < -0.3 is 0 Å². The van der Waals surface area contributed by atoms with Gasteiger partial charge in [-0.1, -0.05) is 66.7 Å². The minimum Gasteiger partial charge on any atom is -0.273 e. The Morgan fingerprint density at radius 2 is 1.67 bits per heavy atom. The normalized spacial score (nSPS) is 17.1. The van der Waals surface area contributed by atoms with Gasteiger partial charge in [-0.25, -0.2) is 5.01 Å². The average Bonchev–Trinajstić information content (AvgIpc) is 3.08. The van der Waals surface area contributed by atoms with Crippen LogP contribution in [-0.2, 0) is 4.79 Å². The summed E-state index contributed by atoms with van der Waals surface area (Å²) in [5.41, 5.74) is 3.16. The smallest absolute Gasteiger partial charge is 0.240 e. The van der Waals surface area contributed by atoms with E-state index >= 15 is 0 Å². The molecule has 0 bridgehead atoms. The summed E-state index contributed by atoms with van der Waals surface area (Å²) < 4.78 is 0. The zero-order valence-electron chi connectivity index (χ0n) is 13.5. The molecule has 1 amide bonds. The van der Waals surface area contributed by atoms with E-state index in [2.05, 4.69) is 35.4 Å². The van der Waals surface area contributed by atoms with E-state index in [9.17, 15) is 4.79 Å². The maximum absolute atomic E-state index is 12.1. The summed E-state index contributed by atoms with van der Waals surface area (Å²) in [5, 5.41) is 8.61. The van der Waals surface area contributed by atoms with Crippen LogP contribution in [0, 0.1) is 0 Å². The first-order valence-electron chi connectivity index (χ1n) is 8.14. The molecule has 3 aromatic carbocycles. The van der Waals surface area contributed by atoms with Crippen molar-refractivity contribution in [3.8, 4) is 0 Å². The second-order valence-corrected chi connectivity index (χ2v) is 6.10. The molecule has 1 atom stereocenters. The van der Waals surface area contributed by atoms with Crippen molar-refractivity contribution in [3.05, 3.63) is 83.9 Å². The third kappa shape index (κ3) is 2.58. The molecule has 0 fully saturated rings. The lowest BCUT2D eigenvalue weighted by atomic mass is 9.96. The van der Waals surface area contributed by atoms with Crippen LogP contribution < -0.4 is 0 Å². The number of amides is 1. The molecule has 24 heavy (non-hydrogen) atoms. The largest absolute Gasteiger partial charge is 0.273 e. The topological polar surface area (TPSA) is 32.7 Å². The highest BCUT2D eigenvalue weighted by atomic mass is 16.2. The second-order valence-electron chi connectivity index (χ2n) is 6.10. The number of hydrazone groups is 1. The monoisotopic (exact) mass is 314 g/mol. The molecule has 1 heterocycles. The number of fused-ring (bicyclic) bond motifs is 1. The van der Waals surface area contributed by atoms with Crippen LogP contribution in [0.2, 0.25) is 0 Å². The molecule has 0 aliphatic carbocycles. The Morgan fingerprint density at radius 1 is 0.958 bits per heavy atom. The van der Waals surface area contributed by atoms with E-state index in [4.69, 9.17) is 0 Å². The number of hydrogen-bond acceptors (Lipinski definition) is 2. The van der Waals surface area contributed by atoms with Gasteiger partial charge in [-0.05, 0) is 28.0 Å². The van der Waals surface area contributed by atoms with Gasteiger partial charge in [-0.2, -0.15) is 5.10 Å². The lowest BCUT2D eigenvalue weighted by molar-refractivity contribution is -0.130. The molecule has 3 aromatic rings. The van der Waals surface area contributed by atoms with Crippen LogP contribution in [-0.4, -0.2) is 16.6 Å². The second kappa shape index (κ2) is 5.93. The van der Waals surface area contributed by atoms with E-state index in [1.54, 1.807) is 11.9 Å². The molecule has 0 saturated heterocycles. The lowest BCUT2D eigenvalue weighted by Crippen LogP contribution is -2.24. The standard InChI is InChI=1S/C21H18N2O/c1-15(24)23-21(14-20(22-23)17-8-3-2-4-9-17)19-12-11-16-7-5-6-10-18(16)13-19/h2-13,21H,14H2,1H3. The first-order valence-corrected chi connectivity index (χ1v) is 8.14. The Labute approximate surface area is 141 Å². The fourth-order valence-electron chi connectivity index (χ4n) is 3.28. The SMILES string of the molecule is CC(=O)N1N=C(c2ccccc2)CC1c1ccc2ccccc2c1. The van der Waals surface area contributed by atoms with Crippen LogP contribution in [0.5, 0.6) is 0 Å². The van der Waals surface area contributed by atoms with E-state index in [1.807, 2.05) is 42.5 Å². The van der Waals surface area contributed by atoms with E-state index in [0.29, 0.717) is 0 Å². The Bertz CT molecular complexity index is 931. The summed E-state index contributed by atoms with van der Waals surface area (Å²) in [5.74, 6) is -0.0286. The molecule has 1 aliphatic heterocycles. The maximum Gasteiger partial charge on any atom is 0.240 e. The van der Waals surface area contributed by atoms with Crippen LogP contribution in [0.3, 0.4) is 0 Å². The van der Waals surface area contributed by atoms with Crippen molar-refractivity contribution >= 4 is 22.4 Å². The Kier molecular flexibility index (Phi) is 3.62. The van der Waals surface area contributed by atoms with Crippen molar-refractivity contribution in [2.24, 2.45) is 5.10 Å². The highest BCUT2D eigenvalue weighted by Gasteiger charge is 2.31. The van der Waals surface area contributed by atoms with Crippen molar-refractivity contribution in [2.75, 3.05) is 0 Å². The highest BCUT2D eigenvalue weighted by molar-refractivity contribution is 6.03. The van der Waals surface area contributed by atoms with E-state index in [1.165, 1.54) is 10.8 Å². The van der Waals surface area contributed by atoms with Crippen molar-refractivity contribution in [2.45, 2.75) is 19.4 Å². The zero-order chi connectivity index (χ0) is 16.5. The van der Waals surface area contributed by atoms with Crippen molar-refractivity contribution < 1.29 is 4.79 Å². The van der Waals surface area contributed by atoms with Gasteiger partial charge >= 0.3 is 0 Å². The van der Waals surface area contributed by atoms with Crippen LogP contribution >= 0.6 is 0 Å². The average molecular weight is 314 g/mol. The minimum atomic E-state index is -0.0395. The lowest BCUT2D eigenvalue weighted by Gasteiger charge is -2.20.